The number of rotatable bonds is 6. The molecular weight excluding hydrogens is 608 g/mol. The van der Waals surface area contributed by atoms with Gasteiger partial charge in [0.1, 0.15) is 29.9 Å². The van der Waals surface area contributed by atoms with Crippen LogP contribution in [0.1, 0.15) is 56.7 Å². The first kappa shape index (κ1) is 35.5. The van der Waals surface area contributed by atoms with Gasteiger partial charge in [0.25, 0.3) is 0 Å². The number of nitrogens with one attached hydrogen (secondary N) is 4. The van der Waals surface area contributed by atoms with Gasteiger partial charge in [-0.3, -0.25) is 23.9 Å². The van der Waals surface area contributed by atoms with Crippen molar-refractivity contribution in [2.24, 2.45) is 0 Å². The second-order valence-electron chi connectivity index (χ2n) is 11.9. The minimum Gasteiger partial charge on any atom is -0.467 e. The molecule has 2 bridgehead atoms. The molecule has 3 heterocycles. The maximum atomic E-state index is 13.9. The lowest BCUT2D eigenvalue weighted by molar-refractivity contribution is -0.146. The van der Waals surface area contributed by atoms with Gasteiger partial charge in [-0.15, -0.1) is 5.10 Å². The Kier molecular flexibility index (Phi) is 13.2. The molecule has 5 atom stereocenters. The highest BCUT2D eigenvalue weighted by molar-refractivity contribution is 5.96. The van der Waals surface area contributed by atoms with Crippen molar-refractivity contribution in [2.75, 3.05) is 27.3 Å². The highest BCUT2D eigenvalue weighted by atomic mass is 16.5. The maximum absolute atomic E-state index is 13.9. The summed E-state index contributed by atoms with van der Waals surface area (Å²) in [5.74, 6) is -2.38. The average molecular weight is 655 g/mol. The molecule has 4 rings (SSSR count). The van der Waals surface area contributed by atoms with Gasteiger partial charge in [-0.1, -0.05) is 35.5 Å². The molecule has 0 unspecified atom stereocenters. The second-order valence-corrected chi connectivity index (χ2v) is 11.9. The fourth-order valence-electron chi connectivity index (χ4n) is 5.69. The van der Waals surface area contributed by atoms with Crippen LogP contribution in [0.4, 0.5) is 0 Å². The summed E-state index contributed by atoms with van der Waals surface area (Å²) in [6, 6.07) is 4.92. The van der Waals surface area contributed by atoms with Crippen LogP contribution in [0.5, 0.6) is 0 Å². The van der Waals surface area contributed by atoms with E-state index in [1.807, 2.05) is 30.3 Å². The third-order valence-corrected chi connectivity index (χ3v) is 8.51. The van der Waals surface area contributed by atoms with Gasteiger partial charge in [0.2, 0.25) is 23.6 Å². The Morgan fingerprint density at radius 2 is 1.83 bits per heavy atom. The molecule has 2 aliphatic rings. The zero-order chi connectivity index (χ0) is 33.8. The van der Waals surface area contributed by atoms with Crippen LogP contribution in [-0.4, -0.2) is 107 Å². The fraction of sp³-hybridized carbons (Fsp3) is 0.594. The van der Waals surface area contributed by atoms with Crippen LogP contribution in [0.25, 0.3) is 0 Å². The number of hydrogen-bond acceptors (Lipinski definition) is 10. The van der Waals surface area contributed by atoms with E-state index in [1.54, 1.807) is 24.9 Å². The van der Waals surface area contributed by atoms with Crippen LogP contribution in [0.3, 0.4) is 0 Å². The zero-order valence-corrected chi connectivity index (χ0v) is 27.3. The van der Waals surface area contributed by atoms with Gasteiger partial charge >= 0.3 is 5.97 Å². The van der Waals surface area contributed by atoms with Crippen molar-refractivity contribution in [3.63, 3.8) is 0 Å². The summed E-state index contributed by atoms with van der Waals surface area (Å²) in [7, 11) is 2.91. The van der Waals surface area contributed by atoms with Crippen molar-refractivity contribution >= 4 is 29.6 Å². The zero-order valence-electron chi connectivity index (χ0n) is 27.3. The number of amides is 4. The Balaban J connectivity index is 1.61. The summed E-state index contributed by atoms with van der Waals surface area (Å²) >= 11 is 0. The normalized spacial score (nSPS) is 24.2. The van der Waals surface area contributed by atoms with Crippen molar-refractivity contribution in [1.29, 1.82) is 0 Å². The smallest absolute Gasteiger partial charge is 0.328 e. The lowest BCUT2D eigenvalue weighted by Crippen LogP contribution is -2.58. The monoisotopic (exact) mass is 654 g/mol. The number of hydrogen-bond donors (Lipinski definition) is 4. The minimum atomic E-state index is -1.03. The Hall–Kier alpha value is -4.37. The van der Waals surface area contributed by atoms with Gasteiger partial charge in [0.15, 0.2) is 0 Å². The van der Waals surface area contributed by atoms with Gasteiger partial charge < -0.3 is 35.6 Å². The average Bonchev–Trinajstić information content (AvgIpc) is 3.76. The summed E-state index contributed by atoms with van der Waals surface area (Å²) in [4.78, 5) is 68.4. The fourth-order valence-corrected chi connectivity index (χ4v) is 5.69. The number of aryl methyl sites for hydroxylation is 1. The Morgan fingerprint density at radius 3 is 2.57 bits per heavy atom. The van der Waals surface area contributed by atoms with Crippen molar-refractivity contribution in [3.8, 4) is 0 Å². The SMILES string of the molecule is CN[C@@H](C)C(=O)N[C@H]1CCOCc2cn(nn2)CCCC[C@@H](C(=O)OC)NC(=O)[C@H](Cc2ccccc2)NC(=O)[C@@H]2CCCN2C1=O. The summed E-state index contributed by atoms with van der Waals surface area (Å²) in [6.45, 7) is 2.84. The number of carbonyl (C=O) groups is 5. The number of benzene rings is 1. The molecule has 4 amide bonds. The summed E-state index contributed by atoms with van der Waals surface area (Å²) in [5.41, 5.74) is 1.41. The number of methoxy groups -OCH3 is 1. The lowest BCUT2D eigenvalue weighted by Gasteiger charge is -2.30. The van der Waals surface area contributed by atoms with Gasteiger partial charge in [-0.25, -0.2) is 4.79 Å². The first-order valence-electron chi connectivity index (χ1n) is 16.2. The van der Waals surface area contributed by atoms with Crippen LogP contribution in [-0.2, 0) is 53.0 Å². The van der Waals surface area contributed by atoms with E-state index in [1.165, 1.54) is 12.0 Å². The molecule has 1 aromatic heterocycles. The van der Waals surface area contributed by atoms with Crippen LogP contribution in [0.2, 0.25) is 0 Å². The number of carbonyl (C=O) groups excluding carboxylic acids is 5. The van der Waals surface area contributed by atoms with Crippen LogP contribution in [0.15, 0.2) is 36.5 Å². The van der Waals surface area contributed by atoms with Gasteiger partial charge in [0, 0.05) is 26.1 Å². The molecule has 0 saturated carbocycles. The van der Waals surface area contributed by atoms with E-state index in [0.29, 0.717) is 50.9 Å². The van der Waals surface area contributed by atoms with Crippen molar-refractivity contribution in [1.82, 2.24) is 41.2 Å². The molecule has 15 heteroatoms. The van der Waals surface area contributed by atoms with E-state index in [9.17, 15) is 24.0 Å². The van der Waals surface area contributed by atoms with Crippen LogP contribution >= 0.6 is 0 Å². The van der Waals surface area contributed by atoms with Gasteiger partial charge in [-0.05, 0) is 58.1 Å². The molecule has 256 valence electrons. The number of aromatic nitrogens is 3. The Bertz CT molecular complexity index is 1370. The summed E-state index contributed by atoms with van der Waals surface area (Å²) in [6.07, 6.45) is 4.63. The topological polar surface area (TPSA) is 186 Å². The summed E-state index contributed by atoms with van der Waals surface area (Å²) in [5, 5.41) is 19.6. The molecule has 4 N–H and O–H groups in total. The van der Waals surface area contributed by atoms with E-state index >= 15 is 0 Å². The Labute approximate surface area is 274 Å². The molecule has 47 heavy (non-hydrogen) atoms. The molecule has 0 spiro atoms. The van der Waals surface area contributed by atoms with E-state index < -0.39 is 53.9 Å². The van der Waals surface area contributed by atoms with Crippen molar-refractivity contribution < 1.29 is 33.4 Å². The van der Waals surface area contributed by atoms with Crippen LogP contribution < -0.4 is 21.3 Å². The van der Waals surface area contributed by atoms with E-state index in [4.69, 9.17) is 9.47 Å². The minimum absolute atomic E-state index is 0.149. The Morgan fingerprint density at radius 1 is 1.04 bits per heavy atom. The molecule has 15 nitrogen and oxygen atoms in total. The van der Waals surface area contributed by atoms with E-state index in [2.05, 4.69) is 31.6 Å². The number of fused-ring (bicyclic) bond motifs is 3. The third-order valence-electron chi connectivity index (χ3n) is 8.51. The quantitative estimate of drug-likeness (QED) is 0.305. The second kappa shape index (κ2) is 17.5. The number of likely N-dealkylation sites (N-methyl/N-ethyl adjacent to an activating group) is 1. The molecule has 1 aromatic carbocycles. The predicted molar refractivity (Wildman–Crippen MR) is 169 cm³/mol. The molecule has 0 radical (unpaired) electrons. The summed E-state index contributed by atoms with van der Waals surface area (Å²) < 4.78 is 12.5. The van der Waals surface area contributed by atoms with Gasteiger partial charge in [-0.2, -0.15) is 0 Å². The molecule has 2 aromatic rings. The third kappa shape index (κ3) is 10.1. The first-order valence-corrected chi connectivity index (χ1v) is 16.2. The predicted octanol–water partition coefficient (Wildman–Crippen LogP) is -0.162. The molecule has 0 aliphatic carbocycles. The van der Waals surface area contributed by atoms with Gasteiger partial charge in [0.05, 0.1) is 26.0 Å². The van der Waals surface area contributed by atoms with E-state index in [0.717, 1.165) is 5.56 Å². The number of nitrogens with zero attached hydrogens (tertiary/aromatic N) is 4. The lowest BCUT2D eigenvalue weighted by atomic mass is 10.0. The maximum Gasteiger partial charge on any atom is 0.328 e. The number of ether oxygens (including phenoxy) is 2. The molecular formula is C32H46N8O7. The van der Waals surface area contributed by atoms with Crippen molar-refractivity contribution in [3.05, 3.63) is 47.8 Å². The molecule has 1 saturated heterocycles. The van der Waals surface area contributed by atoms with E-state index in [-0.39, 0.29) is 32.0 Å². The van der Waals surface area contributed by atoms with Crippen molar-refractivity contribution in [2.45, 2.75) is 95.2 Å². The highest BCUT2D eigenvalue weighted by Crippen LogP contribution is 2.20. The standard InChI is InChI=1S/C32H46N8O7/c1-21(33-2)28(41)34-24-14-17-47-20-23-19-39(38-37-23)15-8-7-12-25(32(45)46-3)35-29(42)26(18-22-10-5-4-6-11-22)36-30(43)27-13-9-16-40(27)31(24)44/h4-6,10-11,19,21,24-27,33H,7-9,12-18,20H2,1-3H3,(H,34,41)(H,35,42)(H,36,43)/t21-,24-,25-,26-,27-/m0/s1. The first-order chi connectivity index (χ1) is 22.7. The largest absolute Gasteiger partial charge is 0.467 e. The van der Waals surface area contributed by atoms with Crippen LogP contribution in [0, 0.1) is 0 Å². The molecule has 1 fully saturated rings. The number of esters is 1. The molecule has 2 aliphatic heterocycles. The highest BCUT2D eigenvalue weighted by Gasteiger charge is 2.39.